The smallest absolute Gasteiger partial charge is 0.0715 e. The van der Waals surface area contributed by atoms with Gasteiger partial charge in [-0.2, -0.15) is 0 Å². The SMILES string of the molecule is c1ccc(-c2cc(-c3ccccc3)nc(-c3ccc(-c4ccc5c(-c6ccccc6)c6ccccc6c(-c6ccccc6)c5c4)cc3)c2)cc1. The van der Waals surface area contributed by atoms with Crippen LogP contribution in [0.3, 0.4) is 0 Å². The van der Waals surface area contributed by atoms with Gasteiger partial charge in [0.25, 0.3) is 0 Å². The van der Waals surface area contributed by atoms with Gasteiger partial charge in [-0.15, -0.1) is 0 Å². The zero-order valence-electron chi connectivity index (χ0n) is 27.5. The van der Waals surface area contributed by atoms with Gasteiger partial charge >= 0.3 is 0 Å². The number of aromatic nitrogens is 1. The van der Waals surface area contributed by atoms with Gasteiger partial charge in [-0.25, -0.2) is 4.98 Å². The van der Waals surface area contributed by atoms with Crippen molar-refractivity contribution in [1.29, 1.82) is 0 Å². The van der Waals surface area contributed by atoms with Crippen LogP contribution in [0, 0.1) is 0 Å². The van der Waals surface area contributed by atoms with Crippen LogP contribution >= 0.6 is 0 Å². The zero-order valence-corrected chi connectivity index (χ0v) is 27.5. The van der Waals surface area contributed by atoms with Gasteiger partial charge in [0, 0.05) is 11.1 Å². The van der Waals surface area contributed by atoms with Gasteiger partial charge in [0.05, 0.1) is 11.4 Å². The molecule has 0 amide bonds. The molecular weight excluding hydrogens is 603 g/mol. The molecule has 0 bridgehead atoms. The first-order valence-electron chi connectivity index (χ1n) is 17.1. The van der Waals surface area contributed by atoms with Crippen molar-refractivity contribution in [1.82, 2.24) is 4.98 Å². The highest BCUT2D eigenvalue weighted by Gasteiger charge is 2.17. The third-order valence-corrected chi connectivity index (χ3v) is 9.66. The average molecular weight is 636 g/mol. The molecule has 1 heteroatoms. The van der Waals surface area contributed by atoms with Crippen molar-refractivity contribution in [3.05, 3.63) is 200 Å². The lowest BCUT2D eigenvalue weighted by molar-refractivity contribution is 1.32. The molecule has 0 saturated heterocycles. The second-order valence-electron chi connectivity index (χ2n) is 12.7. The fourth-order valence-corrected chi connectivity index (χ4v) is 7.26. The molecule has 234 valence electrons. The highest BCUT2D eigenvalue weighted by molar-refractivity contribution is 6.22. The highest BCUT2D eigenvalue weighted by Crippen LogP contribution is 2.45. The summed E-state index contributed by atoms with van der Waals surface area (Å²) in [6.07, 6.45) is 0. The summed E-state index contributed by atoms with van der Waals surface area (Å²) in [4.78, 5) is 5.16. The van der Waals surface area contributed by atoms with Crippen molar-refractivity contribution in [3.63, 3.8) is 0 Å². The van der Waals surface area contributed by atoms with Crippen molar-refractivity contribution in [2.24, 2.45) is 0 Å². The van der Waals surface area contributed by atoms with E-state index in [1.807, 2.05) is 6.07 Å². The zero-order chi connectivity index (χ0) is 33.3. The van der Waals surface area contributed by atoms with Gasteiger partial charge < -0.3 is 0 Å². The molecule has 1 nitrogen and oxygen atoms in total. The second kappa shape index (κ2) is 12.8. The molecule has 0 radical (unpaired) electrons. The Kier molecular flexibility index (Phi) is 7.57. The standard InChI is InChI=1S/C49H33N/c1-5-15-34(16-6-1)41-32-46(36-17-7-2-8-18-36)50-47(33-41)37-27-25-35(26-28-37)40-29-30-44-45(31-40)49(39-21-11-4-12-22-39)43-24-14-13-23-42(43)48(44)38-19-9-3-10-20-38/h1-33H. The normalized spacial score (nSPS) is 11.2. The van der Waals surface area contributed by atoms with E-state index in [0.29, 0.717) is 0 Å². The van der Waals surface area contributed by atoms with Crippen molar-refractivity contribution in [2.45, 2.75) is 0 Å². The molecule has 0 aliphatic rings. The van der Waals surface area contributed by atoms with Crippen LogP contribution in [0.25, 0.3) is 88.6 Å². The molecular formula is C49H33N. The maximum Gasteiger partial charge on any atom is 0.0715 e. The number of benzene rings is 8. The summed E-state index contributed by atoms with van der Waals surface area (Å²) in [5, 5.41) is 5.03. The average Bonchev–Trinajstić information content (AvgIpc) is 3.21. The third kappa shape index (κ3) is 5.45. The van der Waals surface area contributed by atoms with Crippen LogP contribution < -0.4 is 0 Å². The first kappa shape index (κ1) is 29.6. The molecule has 1 heterocycles. The molecule has 0 atom stereocenters. The predicted octanol–water partition coefficient (Wildman–Crippen LogP) is 13.4. The number of hydrogen-bond acceptors (Lipinski definition) is 1. The molecule has 1 aromatic heterocycles. The van der Waals surface area contributed by atoms with Crippen molar-refractivity contribution in [3.8, 4) is 67.0 Å². The van der Waals surface area contributed by atoms with Crippen LogP contribution in [0.4, 0.5) is 0 Å². The van der Waals surface area contributed by atoms with Crippen LogP contribution in [-0.2, 0) is 0 Å². The molecule has 0 saturated carbocycles. The minimum Gasteiger partial charge on any atom is -0.248 e. The van der Waals surface area contributed by atoms with E-state index in [1.54, 1.807) is 0 Å². The van der Waals surface area contributed by atoms with Crippen LogP contribution in [0.15, 0.2) is 200 Å². The van der Waals surface area contributed by atoms with Gasteiger partial charge in [0.2, 0.25) is 0 Å². The topological polar surface area (TPSA) is 12.9 Å². The minimum atomic E-state index is 0.959. The lowest BCUT2D eigenvalue weighted by atomic mass is 9.85. The first-order chi connectivity index (χ1) is 24.8. The van der Waals surface area contributed by atoms with E-state index in [-0.39, 0.29) is 0 Å². The highest BCUT2D eigenvalue weighted by atomic mass is 14.7. The number of hydrogen-bond donors (Lipinski definition) is 0. The monoisotopic (exact) mass is 635 g/mol. The fraction of sp³-hybridized carbons (Fsp3) is 0. The van der Waals surface area contributed by atoms with E-state index >= 15 is 0 Å². The van der Waals surface area contributed by atoms with E-state index in [4.69, 9.17) is 4.98 Å². The largest absolute Gasteiger partial charge is 0.248 e. The Morgan fingerprint density at radius 3 is 1.12 bits per heavy atom. The Morgan fingerprint density at radius 1 is 0.220 bits per heavy atom. The Hall–Kier alpha value is -6.57. The van der Waals surface area contributed by atoms with Crippen LogP contribution in [0.1, 0.15) is 0 Å². The molecule has 0 spiro atoms. The summed E-state index contributed by atoms with van der Waals surface area (Å²) >= 11 is 0. The van der Waals surface area contributed by atoms with Gasteiger partial charge in [-0.05, 0) is 84.3 Å². The predicted molar refractivity (Wildman–Crippen MR) is 212 cm³/mol. The molecule has 8 aromatic carbocycles. The second-order valence-corrected chi connectivity index (χ2v) is 12.7. The Balaban J connectivity index is 1.19. The van der Waals surface area contributed by atoms with Gasteiger partial charge in [0.1, 0.15) is 0 Å². The summed E-state index contributed by atoms with van der Waals surface area (Å²) in [6, 6.07) is 71.7. The van der Waals surface area contributed by atoms with E-state index in [9.17, 15) is 0 Å². The van der Waals surface area contributed by atoms with Crippen molar-refractivity contribution >= 4 is 21.5 Å². The summed E-state index contributed by atoms with van der Waals surface area (Å²) in [7, 11) is 0. The summed E-state index contributed by atoms with van der Waals surface area (Å²) < 4.78 is 0. The first-order valence-corrected chi connectivity index (χ1v) is 17.1. The number of pyridine rings is 1. The lowest BCUT2D eigenvalue weighted by Gasteiger charge is -2.18. The van der Waals surface area contributed by atoms with E-state index < -0.39 is 0 Å². The Morgan fingerprint density at radius 2 is 0.580 bits per heavy atom. The number of rotatable bonds is 6. The maximum atomic E-state index is 5.16. The minimum absolute atomic E-state index is 0.959. The number of nitrogens with zero attached hydrogens (tertiary/aromatic N) is 1. The van der Waals surface area contributed by atoms with Gasteiger partial charge in [-0.3, -0.25) is 0 Å². The molecule has 0 aliphatic heterocycles. The van der Waals surface area contributed by atoms with E-state index in [1.165, 1.54) is 60.5 Å². The van der Waals surface area contributed by atoms with Crippen LogP contribution in [0.5, 0.6) is 0 Å². The summed E-state index contributed by atoms with van der Waals surface area (Å²) in [5.41, 5.74) is 13.8. The third-order valence-electron chi connectivity index (χ3n) is 9.66. The molecule has 0 unspecified atom stereocenters. The van der Waals surface area contributed by atoms with Gasteiger partial charge in [-0.1, -0.05) is 182 Å². The maximum absolute atomic E-state index is 5.16. The quantitative estimate of drug-likeness (QED) is 0.166. The van der Waals surface area contributed by atoms with Crippen molar-refractivity contribution < 1.29 is 0 Å². The van der Waals surface area contributed by atoms with E-state index in [2.05, 4.69) is 194 Å². The molecule has 0 aliphatic carbocycles. The Bertz CT molecular complexity index is 2530. The molecule has 9 rings (SSSR count). The molecule has 9 aromatic rings. The lowest BCUT2D eigenvalue weighted by Crippen LogP contribution is -1.92. The van der Waals surface area contributed by atoms with Crippen LogP contribution in [-0.4, -0.2) is 4.98 Å². The fourth-order valence-electron chi connectivity index (χ4n) is 7.26. The summed E-state index contributed by atoms with van der Waals surface area (Å²) in [6.45, 7) is 0. The van der Waals surface area contributed by atoms with Gasteiger partial charge in [0.15, 0.2) is 0 Å². The van der Waals surface area contributed by atoms with Crippen molar-refractivity contribution in [2.75, 3.05) is 0 Å². The molecule has 0 N–H and O–H groups in total. The molecule has 50 heavy (non-hydrogen) atoms. The molecule has 0 fully saturated rings. The Labute approximate surface area is 292 Å². The van der Waals surface area contributed by atoms with Crippen LogP contribution in [0.2, 0.25) is 0 Å². The summed E-state index contributed by atoms with van der Waals surface area (Å²) in [5.74, 6) is 0. The van der Waals surface area contributed by atoms with E-state index in [0.717, 1.165) is 28.1 Å². The number of fused-ring (bicyclic) bond motifs is 2.